The summed E-state index contributed by atoms with van der Waals surface area (Å²) in [6.07, 6.45) is 8.78. The second-order valence-electron chi connectivity index (χ2n) is 7.61. The number of aryl methyl sites for hydroxylation is 1. The molecule has 0 fully saturated rings. The Morgan fingerprint density at radius 3 is 2.44 bits per heavy atom. The minimum absolute atomic E-state index is 0.582. The lowest BCUT2D eigenvalue weighted by molar-refractivity contribution is 0.282. The Hall–Kier alpha value is -1.34. The standard InChI is InChI=1S/C24H39N/c1-8-11-14-25(13-9-2)15-12-22-18-23(16-20(6)10-3)21(7)17-24(22)19(4)5/h8,10,17-19H,1,9,11-16H2,2-7H3/b20-10+. The third-order valence-electron chi connectivity index (χ3n) is 5.07. The highest BCUT2D eigenvalue weighted by molar-refractivity contribution is 5.41. The summed E-state index contributed by atoms with van der Waals surface area (Å²) >= 11 is 0. The molecule has 0 unspecified atom stereocenters. The molecule has 1 nitrogen and oxygen atoms in total. The first kappa shape index (κ1) is 21.7. The van der Waals surface area contributed by atoms with Crippen LogP contribution in [-0.2, 0) is 12.8 Å². The molecule has 1 heteroatoms. The van der Waals surface area contributed by atoms with Gasteiger partial charge >= 0.3 is 0 Å². The first-order valence-electron chi connectivity index (χ1n) is 10.00. The highest BCUT2D eigenvalue weighted by atomic mass is 15.1. The summed E-state index contributed by atoms with van der Waals surface area (Å²) in [5.74, 6) is 0.582. The smallest absolute Gasteiger partial charge is 0.00220 e. The van der Waals surface area contributed by atoms with Gasteiger partial charge in [0.2, 0.25) is 0 Å². The van der Waals surface area contributed by atoms with E-state index in [1.165, 1.54) is 35.2 Å². The van der Waals surface area contributed by atoms with Crippen LogP contribution in [0, 0.1) is 6.92 Å². The Balaban J connectivity index is 3.00. The minimum atomic E-state index is 0.582. The van der Waals surface area contributed by atoms with Gasteiger partial charge in [0.25, 0.3) is 0 Å². The third-order valence-corrected chi connectivity index (χ3v) is 5.07. The Kier molecular flexibility index (Phi) is 9.82. The van der Waals surface area contributed by atoms with E-state index in [0.29, 0.717) is 5.92 Å². The summed E-state index contributed by atoms with van der Waals surface area (Å²) in [5, 5.41) is 0. The molecule has 0 atom stereocenters. The summed E-state index contributed by atoms with van der Waals surface area (Å²) in [5.41, 5.74) is 7.44. The van der Waals surface area contributed by atoms with E-state index in [1.54, 1.807) is 5.56 Å². The highest BCUT2D eigenvalue weighted by Gasteiger charge is 2.12. The molecule has 0 amide bonds. The largest absolute Gasteiger partial charge is 0.303 e. The first-order valence-corrected chi connectivity index (χ1v) is 10.00. The lowest BCUT2D eigenvalue weighted by Crippen LogP contribution is -2.28. The van der Waals surface area contributed by atoms with E-state index in [-0.39, 0.29) is 0 Å². The summed E-state index contributed by atoms with van der Waals surface area (Å²) in [4.78, 5) is 2.59. The van der Waals surface area contributed by atoms with Gasteiger partial charge in [-0.15, -0.1) is 6.58 Å². The summed E-state index contributed by atoms with van der Waals surface area (Å²) in [6, 6.07) is 4.92. The number of benzene rings is 1. The van der Waals surface area contributed by atoms with Gasteiger partial charge in [0.05, 0.1) is 0 Å². The second-order valence-corrected chi connectivity index (χ2v) is 7.61. The summed E-state index contributed by atoms with van der Waals surface area (Å²) in [7, 11) is 0. The van der Waals surface area contributed by atoms with Crippen LogP contribution >= 0.6 is 0 Å². The van der Waals surface area contributed by atoms with E-state index in [4.69, 9.17) is 0 Å². The van der Waals surface area contributed by atoms with Gasteiger partial charge in [-0.25, -0.2) is 0 Å². The monoisotopic (exact) mass is 341 g/mol. The molecule has 25 heavy (non-hydrogen) atoms. The van der Waals surface area contributed by atoms with Crippen LogP contribution in [0.5, 0.6) is 0 Å². The number of hydrogen-bond acceptors (Lipinski definition) is 1. The van der Waals surface area contributed by atoms with Gasteiger partial charge in [-0.1, -0.05) is 50.6 Å². The van der Waals surface area contributed by atoms with Crippen LogP contribution in [0.25, 0.3) is 0 Å². The molecule has 140 valence electrons. The van der Waals surface area contributed by atoms with Crippen molar-refractivity contribution in [3.05, 3.63) is 58.7 Å². The van der Waals surface area contributed by atoms with Crippen molar-refractivity contribution in [2.24, 2.45) is 0 Å². The van der Waals surface area contributed by atoms with Gasteiger partial charge < -0.3 is 4.90 Å². The first-order chi connectivity index (χ1) is 11.9. The van der Waals surface area contributed by atoms with Crippen molar-refractivity contribution < 1.29 is 0 Å². The van der Waals surface area contributed by atoms with Gasteiger partial charge in [0, 0.05) is 13.1 Å². The molecule has 0 saturated carbocycles. The molecule has 1 rings (SSSR count). The fourth-order valence-electron chi connectivity index (χ4n) is 3.38. The molecule has 0 aromatic heterocycles. The normalized spacial score (nSPS) is 12.2. The van der Waals surface area contributed by atoms with Gasteiger partial charge in [-0.05, 0) is 81.2 Å². The number of nitrogens with zero attached hydrogens (tertiary/aromatic N) is 1. The Labute approximate surface area is 156 Å². The van der Waals surface area contributed by atoms with Crippen LogP contribution in [0.15, 0.2) is 36.4 Å². The van der Waals surface area contributed by atoms with Crippen LogP contribution < -0.4 is 0 Å². The Morgan fingerprint density at radius 1 is 1.16 bits per heavy atom. The zero-order chi connectivity index (χ0) is 18.8. The molecule has 1 aromatic carbocycles. The van der Waals surface area contributed by atoms with Crippen LogP contribution in [-0.4, -0.2) is 24.5 Å². The molecule has 0 N–H and O–H groups in total. The highest BCUT2D eigenvalue weighted by Crippen LogP contribution is 2.26. The minimum Gasteiger partial charge on any atom is -0.303 e. The molecule has 0 saturated heterocycles. The number of hydrogen-bond donors (Lipinski definition) is 0. The quantitative estimate of drug-likeness (QED) is 0.418. The lowest BCUT2D eigenvalue weighted by atomic mass is 9.89. The zero-order valence-electron chi connectivity index (χ0n) is 17.5. The van der Waals surface area contributed by atoms with Crippen molar-refractivity contribution in [2.45, 2.75) is 73.1 Å². The average Bonchev–Trinajstić information content (AvgIpc) is 2.58. The van der Waals surface area contributed by atoms with E-state index < -0.39 is 0 Å². The SMILES string of the molecule is C=CCCN(CCC)CCc1cc(C/C(C)=C/C)c(C)cc1C(C)C. The molecular weight excluding hydrogens is 302 g/mol. The lowest BCUT2D eigenvalue weighted by Gasteiger charge is -2.23. The molecule has 0 spiro atoms. The molecule has 0 aliphatic carbocycles. The molecule has 0 heterocycles. The van der Waals surface area contributed by atoms with E-state index in [1.807, 2.05) is 6.08 Å². The number of allylic oxidation sites excluding steroid dienone is 2. The Bertz CT molecular complexity index is 566. The average molecular weight is 342 g/mol. The Morgan fingerprint density at radius 2 is 1.88 bits per heavy atom. The van der Waals surface area contributed by atoms with Crippen molar-refractivity contribution >= 4 is 0 Å². The molecule has 0 bridgehead atoms. The predicted molar refractivity (Wildman–Crippen MR) is 114 cm³/mol. The maximum absolute atomic E-state index is 3.87. The molecule has 1 aromatic rings. The number of rotatable bonds is 11. The maximum Gasteiger partial charge on any atom is 0.00220 e. The van der Waals surface area contributed by atoms with E-state index in [9.17, 15) is 0 Å². The summed E-state index contributed by atoms with van der Waals surface area (Å²) in [6.45, 7) is 20.9. The van der Waals surface area contributed by atoms with Crippen molar-refractivity contribution in [3.63, 3.8) is 0 Å². The van der Waals surface area contributed by atoms with Crippen LogP contribution in [0.1, 0.15) is 75.6 Å². The van der Waals surface area contributed by atoms with Crippen LogP contribution in [0.3, 0.4) is 0 Å². The van der Waals surface area contributed by atoms with Gasteiger partial charge in [-0.2, -0.15) is 0 Å². The molecule has 0 radical (unpaired) electrons. The van der Waals surface area contributed by atoms with Crippen molar-refractivity contribution in [1.82, 2.24) is 4.90 Å². The van der Waals surface area contributed by atoms with Crippen molar-refractivity contribution in [1.29, 1.82) is 0 Å². The second kappa shape index (κ2) is 11.3. The van der Waals surface area contributed by atoms with E-state index in [0.717, 1.165) is 32.4 Å². The molecule has 0 aliphatic heterocycles. The maximum atomic E-state index is 3.87. The third kappa shape index (κ3) is 7.20. The van der Waals surface area contributed by atoms with E-state index >= 15 is 0 Å². The predicted octanol–water partition coefficient (Wildman–Crippen LogP) is 6.46. The fourth-order valence-corrected chi connectivity index (χ4v) is 3.38. The molecular formula is C24H39N. The van der Waals surface area contributed by atoms with Crippen LogP contribution in [0.4, 0.5) is 0 Å². The fraction of sp³-hybridized carbons (Fsp3) is 0.583. The zero-order valence-corrected chi connectivity index (χ0v) is 17.5. The van der Waals surface area contributed by atoms with Crippen LogP contribution in [0.2, 0.25) is 0 Å². The van der Waals surface area contributed by atoms with E-state index in [2.05, 4.69) is 71.2 Å². The molecule has 0 aliphatic rings. The van der Waals surface area contributed by atoms with Crippen molar-refractivity contribution in [2.75, 3.05) is 19.6 Å². The van der Waals surface area contributed by atoms with Gasteiger partial charge in [-0.3, -0.25) is 0 Å². The van der Waals surface area contributed by atoms with Gasteiger partial charge in [0.15, 0.2) is 0 Å². The topological polar surface area (TPSA) is 3.24 Å². The van der Waals surface area contributed by atoms with Crippen molar-refractivity contribution in [3.8, 4) is 0 Å². The van der Waals surface area contributed by atoms with Gasteiger partial charge in [0.1, 0.15) is 0 Å². The summed E-state index contributed by atoms with van der Waals surface area (Å²) < 4.78 is 0.